The fourth-order valence-corrected chi connectivity index (χ4v) is 4.42. The largest absolute Gasteiger partial charge is 0.453 e. The molecule has 8 nitrogen and oxygen atoms in total. The number of rotatable bonds is 6. The van der Waals surface area contributed by atoms with Gasteiger partial charge in [-0.15, -0.1) is 0 Å². The number of nitrogens with zero attached hydrogens (tertiary/aromatic N) is 2. The Morgan fingerprint density at radius 1 is 1.00 bits per heavy atom. The third-order valence-electron chi connectivity index (χ3n) is 6.60. The summed E-state index contributed by atoms with van der Waals surface area (Å²) >= 11 is 0. The average Bonchev–Trinajstić information content (AvgIpc) is 2.98. The molecule has 6 rings (SSSR count). The van der Waals surface area contributed by atoms with E-state index >= 15 is 0 Å². The van der Waals surface area contributed by atoms with Crippen LogP contribution in [0.4, 0.5) is 21.6 Å². The fraction of sp³-hybridized carbons (Fsp3) is 0.0938. The molecular formula is C32H25FN4O4. The number of carbonyl (C=O) groups is 1. The maximum Gasteiger partial charge on any atom is 0.261 e. The molecule has 41 heavy (non-hydrogen) atoms. The second kappa shape index (κ2) is 10.6. The minimum Gasteiger partial charge on any atom is -0.453 e. The molecule has 0 fully saturated rings. The van der Waals surface area contributed by atoms with E-state index in [0.29, 0.717) is 45.6 Å². The van der Waals surface area contributed by atoms with E-state index in [9.17, 15) is 14.0 Å². The number of pyridine rings is 2. The molecule has 0 saturated heterocycles. The molecule has 1 aliphatic rings. The Hall–Kier alpha value is -5.44. The quantitative estimate of drug-likeness (QED) is 0.224. The van der Waals surface area contributed by atoms with E-state index < -0.39 is 17.2 Å². The Kier molecular flexibility index (Phi) is 6.68. The smallest absolute Gasteiger partial charge is 0.261 e. The SMILES string of the molecule is CC(C)n1cc(C(=O)Nc2ccc(Oc3ccnc4c3Oc3ccccc3N4)cc2)c(=O)c(-c2ccc(F)cc2)c1. The zero-order valence-corrected chi connectivity index (χ0v) is 22.2. The first-order valence-electron chi connectivity index (χ1n) is 13.0. The standard InChI is InChI=1S/C32H25FN4O4/c1-19(2)37-17-24(20-7-9-21(33)10-8-20)29(38)25(18-37)32(39)35-22-11-13-23(14-12-22)40-28-15-16-34-31-30(28)41-27-6-4-3-5-26(27)36-31/h3-19H,1-2H3,(H,34,36)(H,35,39). The van der Waals surface area contributed by atoms with E-state index in [2.05, 4.69) is 15.6 Å². The second-order valence-electron chi connectivity index (χ2n) is 9.75. The number of anilines is 3. The van der Waals surface area contributed by atoms with Crippen LogP contribution in [0.3, 0.4) is 0 Å². The van der Waals surface area contributed by atoms with Crippen LogP contribution in [0.2, 0.25) is 0 Å². The Labute approximate surface area is 235 Å². The molecule has 3 heterocycles. The number of ether oxygens (including phenoxy) is 2. The lowest BCUT2D eigenvalue weighted by molar-refractivity contribution is 0.102. The topological polar surface area (TPSA) is 94.5 Å². The third-order valence-corrected chi connectivity index (χ3v) is 6.60. The zero-order chi connectivity index (χ0) is 28.5. The van der Waals surface area contributed by atoms with E-state index in [-0.39, 0.29) is 11.6 Å². The first-order chi connectivity index (χ1) is 19.9. The summed E-state index contributed by atoms with van der Waals surface area (Å²) in [7, 11) is 0. The number of nitrogens with one attached hydrogen (secondary N) is 2. The number of hydrogen-bond donors (Lipinski definition) is 2. The van der Waals surface area contributed by atoms with Crippen molar-refractivity contribution in [3.8, 4) is 34.1 Å². The molecule has 0 unspecified atom stereocenters. The van der Waals surface area contributed by atoms with Gasteiger partial charge in [0.1, 0.15) is 17.1 Å². The number of hydrogen-bond acceptors (Lipinski definition) is 6. The summed E-state index contributed by atoms with van der Waals surface area (Å²) < 4.78 is 27.4. The monoisotopic (exact) mass is 548 g/mol. The van der Waals surface area contributed by atoms with E-state index in [1.165, 1.54) is 30.5 Å². The van der Waals surface area contributed by atoms with Crippen LogP contribution in [0.1, 0.15) is 30.2 Å². The van der Waals surface area contributed by atoms with Crippen LogP contribution in [-0.2, 0) is 0 Å². The van der Waals surface area contributed by atoms with Gasteiger partial charge in [0, 0.05) is 41.9 Å². The summed E-state index contributed by atoms with van der Waals surface area (Å²) in [6.07, 6.45) is 4.83. The molecule has 0 atom stereocenters. The van der Waals surface area contributed by atoms with Crippen molar-refractivity contribution in [1.82, 2.24) is 9.55 Å². The van der Waals surface area contributed by atoms with Crippen molar-refractivity contribution in [3.05, 3.63) is 119 Å². The maximum atomic E-state index is 13.5. The van der Waals surface area contributed by atoms with Crippen LogP contribution in [0.15, 0.2) is 102 Å². The highest BCUT2D eigenvalue weighted by Crippen LogP contribution is 2.46. The third kappa shape index (κ3) is 5.25. The zero-order valence-electron chi connectivity index (χ0n) is 22.2. The highest BCUT2D eigenvalue weighted by Gasteiger charge is 2.22. The van der Waals surface area contributed by atoms with Crippen molar-refractivity contribution in [2.75, 3.05) is 10.6 Å². The number of amides is 1. The molecule has 0 spiro atoms. The number of aromatic nitrogens is 2. The second-order valence-corrected chi connectivity index (χ2v) is 9.75. The minimum absolute atomic E-state index is 0.00984. The van der Waals surface area contributed by atoms with E-state index in [0.717, 1.165) is 5.69 Å². The Balaban J connectivity index is 1.22. The van der Waals surface area contributed by atoms with Crippen LogP contribution in [0.5, 0.6) is 23.0 Å². The molecule has 0 saturated carbocycles. The lowest BCUT2D eigenvalue weighted by Gasteiger charge is -2.22. The van der Waals surface area contributed by atoms with E-state index in [1.807, 2.05) is 38.1 Å². The van der Waals surface area contributed by atoms with Gasteiger partial charge in [0.05, 0.1) is 5.69 Å². The summed E-state index contributed by atoms with van der Waals surface area (Å²) in [6.45, 7) is 3.89. The highest BCUT2D eigenvalue weighted by molar-refractivity contribution is 6.04. The maximum absolute atomic E-state index is 13.5. The van der Waals surface area contributed by atoms with Crippen LogP contribution < -0.4 is 25.5 Å². The Bertz CT molecular complexity index is 1820. The molecular weight excluding hydrogens is 523 g/mol. The van der Waals surface area contributed by atoms with Gasteiger partial charge in [0.2, 0.25) is 11.2 Å². The molecule has 2 N–H and O–H groups in total. The Morgan fingerprint density at radius 3 is 2.51 bits per heavy atom. The summed E-state index contributed by atoms with van der Waals surface area (Å²) in [4.78, 5) is 30.9. The van der Waals surface area contributed by atoms with Crippen molar-refractivity contribution in [2.45, 2.75) is 19.9 Å². The van der Waals surface area contributed by atoms with Gasteiger partial charge in [-0.05, 0) is 67.9 Å². The molecule has 5 aromatic rings. The van der Waals surface area contributed by atoms with Crippen LogP contribution in [0.25, 0.3) is 11.1 Å². The number of benzene rings is 3. The van der Waals surface area contributed by atoms with Crippen molar-refractivity contribution in [3.63, 3.8) is 0 Å². The lowest BCUT2D eigenvalue weighted by atomic mass is 10.0. The number of carbonyl (C=O) groups excluding carboxylic acids is 1. The predicted molar refractivity (Wildman–Crippen MR) is 155 cm³/mol. The van der Waals surface area contributed by atoms with Crippen LogP contribution in [-0.4, -0.2) is 15.5 Å². The van der Waals surface area contributed by atoms with Gasteiger partial charge in [0.25, 0.3) is 5.91 Å². The van der Waals surface area contributed by atoms with Gasteiger partial charge in [0.15, 0.2) is 17.3 Å². The summed E-state index contributed by atoms with van der Waals surface area (Å²) in [5, 5.41) is 6.03. The van der Waals surface area contributed by atoms with Gasteiger partial charge in [-0.3, -0.25) is 9.59 Å². The molecule has 0 bridgehead atoms. The van der Waals surface area contributed by atoms with Gasteiger partial charge >= 0.3 is 0 Å². The van der Waals surface area contributed by atoms with Crippen LogP contribution >= 0.6 is 0 Å². The van der Waals surface area contributed by atoms with E-state index in [4.69, 9.17) is 9.47 Å². The van der Waals surface area contributed by atoms with Crippen molar-refractivity contribution < 1.29 is 18.7 Å². The molecule has 3 aromatic carbocycles. The van der Waals surface area contributed by atoms with Gasteiger partial charge in [-0.1, -0.05) is 24.3 Å². The van der Waals surface area contributed by atoms with Gasteiger partial charge in [-0.2, -0.15) is 0 Å². The molecule has 1 amide bonds. The molecule has 1 aliphatic heterocycles. The molecule has 0 radical (unpaired) electrons. The molecule has 9 heteroatoms. The summed E-state index contributed by atoms with van der Waals surface area (Å²) in [5.41, 5.74) is 1.68. The lowest BCUT2D eigenvalue weighted by Crippen LogP contribution is -2.25. The van der Waals surface area contributed by atoms with Gasteiger partial charge in [-0.25, -0.2) is 9.37 Å². The number of halogens is 1. The first-order valence-corrected chi connectivity index (χ1v) is 13.0. The van der Waals surface area contributed by atoms with Crippen molar-refractivity contribution >= 4 is 23.1 Å². The summed E-state index contributed by atoms with van der Waals surface area (Å²) in [6, 6.07) is 21.6. The van der Waals surface area contributed by atoms with Crippen molar-refractivity contribution in [2.24, 2.45) is 0 Å². The number of para-hydroxylation sites is 2. The van der Waals surface area contributed by atoms with Crippen molar-refractivity contribution in [1.29, 1.82) is 0 Å². The Morgan fingerprint density at radius 2 is 1.76 bits per heavy atom. The molecule has 2 aromatic heterocycles. The van der Waals surface area contributed by atoms with Crippen LogP contribution in [0, 0.1) is 5.82 Å². The minimum atomic E-state index is -0.552. The summed E-state index contributed by atoms with van der Waals surface area (Å²) in [5.74, 6) is 1.70. The fourth-order valence-electron chi connectivity index (χ4n) is 4.42. The highest BCUT2D eigenvalue weighted by atomic mass is 19.1. The van der Waals surface area contributed by atoms with Gasteiger partial charge < -0.3 is 24.7 Å². The first kappa shape index (κ1) is 25.8. The predicted octanol–water partition coefficient (Wildman–Crippen LogP) is 7.52. The average molecular weight is 549 g/mol. The molecule has 204 valence electrons. The normalized spacial score (nSPS) is 11.6. The number of fused-ring (bicyclic) bond motifs is 2. The van der Waals surface area contributed by atoms with E-state index in [1.54, 1.807) is 47.3 Å². The molecule has 0 aliphatic carbocycles.